The number of halogens is 2. The van der Waals surface area contributed by atoms with E-state index in [4.69, 9.17) is 0 Å². The number of nitrogens with zero attached hydrogens (tertiary/aromatic N) is 2. The molecule has 0 saturated carbocycles. The second-order valence-electron chi connectivity index (χ2n) is 7.39. The van der Waals surface area contributed by atoms with Crippen molar-refractivity contribution in [2.24, 2.45) is 5.41 Å². The molecule has 6 heteroatoms. The summed E-state index contributed by atoms with van der Waals surface area (Å²) in [5, 5.41) is 0. The number of rotatable bonds is 2. The monoisotopic (exact) mass is 338 g/mol. The summed E-state index contributed by atoms with van der Waals surface area (Å²) in [6.07, 6.45) is 1.13. The van der Waals surface area contributed by atoms with E-state index in [9.17, 15) is 18.4 Å². The van der Waals surface area contributed by atoms with Gasteiger partial charge in [0.2, 0.25) is 5.91 Å². The third kappa shape index (κ3) is 4.76. The predicted octanol–water partition coefficient (Wildman–Crippen LogP) is 3.08. The van der Waals surface area contributed by atoms with E-state index in [1.54, 1.807) is 9.80 Å². The molecule has 2 amide bonds. The second kappa shape index (κ2) is 7.28. The van der Waals surface area contributed by atoms with Crippen LogP contribution in [0.5, 0.6) is 0 Å². The van der Waals surface area contributed by atoms with Gasteiger partial charge in [-0.2, -0.15) is 0 Å². The minimum Gasteiger partial charge on any atom is -0.341 e. The van der Waals surface area contributed by atoms with Gasteiger partial charge in [-0.05, 0) is 30.0 Å². The van der Waals surface area contributed by atoms with Crippen LogP contribution in [-0.4, -0.2) is 47.8 Å². The van der Waals surface area contributed by atoms with Crippen molar-refractivity contribution in [2.45, 2.75) is 33.6 Å². The Morgan fingerprint density at radius 3 is 2.25 bits per heavy atom. The Hall–Kier alpha value is -1.98. The van der Waals surface area contributed by atoms with Gasteiger partial charge < -0.3 is 9.80 Å². The minimum atomic E-state index is -1.03. The van der Waals surface area contributed by atoms with Crippen LogP contribution in [0.4, 0.5) is 8.78 Å². The molecule has 0 aromatic heterocycles. The summed E-state index contributed by atoms with van der Waals surface area (Å²) in [6.45, 7) is 8.01. The summed E-state index contributed by atoms with van der Waals surface area (Å²) in [5.41, 5.74) is 0.0493. The Bertz CT molecular complexity index is 626. The number of carbonyl (C=O) groups excluding carboxylic acids is 2. The van der Waals surface area contributed by atoms with Crippen LogP contribution in [0.1, 0.15) is 44.0 Å². The van der Waals surface area contributed by atoms with Crippen LogP contribution in [-0.2, 0) is 4.79 Å². The first-order valence-electron chi connectivity index (χ1n) is 8.19. The van der Waals surface area contributed by atoms with E-state index in [-0.39, 0.29) is 22.8 Å². The van der Waals surface area contributed by atoms with Crippen LogP contribution in [0.2, 0.25) is 0 Å². The highest BCUT2D eigenvalue weighted by molar-refractivity contribution is 5.94. The molecular weight excluding hydrogens is 314 g/mol. The van der Waals surface area contributed by atoms with Crippen molar-refractivity contribution in [2.75, 3.05) is 26.2 Å². The highest BCUT2D eigenvalue weighted by atomic mass is 19.2. The molecule has 0 bridgehead atoms. The van der Waals surface area contributed by atoms with Gasteiger partial charge in [-0.25, -0.2) is 8.78 Å². The summed E-state index contributed by atoms with van der Waals surface area (Å²) in [5.74, 6) is -2.25. The SMILES string of the molecule is CC(C)(C)CC(=O)N1CCCN(C(=O)c2ccc(F)c(F)c2)CC1. The van der Waals surface area contributed by atoms with Crippen molar-refractivity contribution in [1.29, 1.82) is 0 Å². The van der Waals surface area contributed by atoms with Crippen LogP contribution in [0.25, 0.3) is 0 Å². The Morgan fingerprint density at radius 2 is 1.62 bits per heavy atom. The van der Waals surface area contributed by atoms with E-state index in [0.717, 1.165) is 12.1 Å². The van der Waals surface area contributed by atoms with Crippen molar-refractivity contribution in [3.63, 3.8) is 0 Å². The molecule has 0 N–H and O–H groups in total. The fourth-order valence-electron chi connectivity index (χ4n) is 2.75. The van der Waals surface area contributed by atoms with Gasteiger partial charge in [0.15, 0.2) is 11.6 Å². The Labute approximate surface area is 141 Å². The fraction of sp³-hybridized carbons (Fsp3) is 0.556. The lowest BCUT2D eigenvalue weighted by Crippen LogP contribution is -2.38. The first-order chi connectivity index (χ1) is 11.2. The van der Waals surface area contributed by atoms with E-state index in [1.807, 2.05) is 20.8 Å². The van der Waals surface area contributed by atoms with Crippen LogP contribution in [0.3, 0.4) is 0 Å². The molecule has 1 heterocycles. The number of hydrogen-bond acceptors (Lipinski definition) is 2. The molecule has 2 rings (SSSR count). The van der Waals surface area contributed by atoms with Crippen molar-refractivity contribution < 1.29 is 18.4 Å². The molecule has 1 aromatic rings. The van der Waals surface area contributed by atoms with Crippen LogP contribution in [0.15, 0.2) is 18.2 Å². The highest BCUT2D eigenvalue weighted by Crippen LogP contribution is 2.21. The molecule has 0 aliphatic carbocycles. The lowest BCUT2D eigenvalue weighted by atomic mass is 9.91. The molecule has 1 aliphatic rings. The molecule has 1 aromatic carbocycles. The van der Waals surface area contributed by atoms with Crippen molar-refractivity contribution >= 4 is 11.8 Å². The van der Waals surface area contributed by atoms with Crippen molar-refractivity contribution in [3.8, 4) is 0 Å². The van der Waals surface area contributed by atoms with Gasteiger partial charge in [0.25, 0.3) is 5.91 Å². The summed E-state index contributed by atoms with van der Waals surface area (Å²) in [6, 6.07) is 3.17. The summed E-state index contributed by atoms with van der Waals surface area (Å²) >= 11 is 0. The third-order valence-electron chi connectivity index (χ3n) is 3.98. The number of hydrogen-bond donors (Lipinski definition) is 0. The first-order valence-corrected chi connectivity index (χ1v) is 8.19. The number of amides is 2. The van der Waals surface area contributed by atoms with E-state index in [2.05, 4.69) is 0 Å². The van der Waals surface area contributed by atoms with Gasteiger partial charge in [0.05, 0.1) is 0 Å². The van der Waals surface area contributed by atoms with Gasteiger partial charge in [0.1, 0.15) is 0 Å². The lowest BCUT2D eigenvalue weighted by Gasteiger charge is -2.25. The standard InChI is InChI=1S/C18H24F2N2O2/c1-18(2,3)12-16(23)21-7-4-8-22(10-9-21)17(24)13-5-6-14(19)15(20)11-13/h5-6,11H,4,7-10,12H2,1-3H3. The smallest absolute Gasteiger partial charge is 0.254 e. The Balaban J connectivity index is 2.01. The summed E-state index contributed by atoms with van der Waals surface area (Å²) in [7, 11) is 0. The van der Waals surface area contributed by atoms with Gasteiger partial charge in [-0.1, -0.05) is 20.8 Å². The molecule has 1 saturated heterocycles. The predicted molar refractivity (Wildman–Crippen MR) is 87.5 cm³/mol. The average molecular weight is 338 g/mol. The van der Waals surface area contributed by atoms with E-state index in [0.29, 0.717) is 39.0 Å². The highest BCUT2D eigenvalue weighted by Gasteiger charge is 2.25. The quantitative estimate of drug-likeness (QED) is 0.831. The fourth-order valence-corrected chi connectivity index (χ4v) is 2.75. The normalized spacial score (nSPS) is 16.0. The first kappa shape index (κ1) is 18.4. The zero-order chi connectivity index (χ0) is 17.9. The summed E-state index contributed by atoms with van der Waals surface area (Å²) in [4.78, 5) is 28.2. The van der Waals surface area contributed by atoms with E-state index >= 15 is 0 Å². The molecule has 1 aliphatic heterocycles. The van der Waals surface area contributed by atoms with Gasteiger partial charge in [-0.15, -0.1) is 0 Å². The number of benzene rings is 1. The van der Waals surface area contributed by atoms with Crippen molar-refractivity contribution in [3.05, 3.63) is 35.4 Å². The third-order valence-corrected chi connectivity index (χ3v) is 3.98. The van der Waals surface area contributed by atoms with E-state index in [1.165, 1.54) is 6.07 Å². The van der Waals surface area contributed by atoms with E-state index < -0.39 is 11.6 Å². The molecule has 24 heavy (non-hydrogen) atoms. The second-order valence-corrected chi connectivity index (χ2v) is 7.39. The van der Waals surface area contributed by atoms with Crippen LogP contribution >= 0.6 is 0 Å². The molecule has 0 spiro atoms. The molecule has 132 valence electrons. The Morgan fingerprint density at radius 1 is 1.00 bits per heavy atom. The van der Waals surface area contributed by atoms with Crippen molar-refractivity contribution in [1.82, 2.24) is 9.80 Å². The maximum atomic E-state index is 13.3. The molecule has 4 nitrogen and oxygen atoms in total. The van der Waals surface area contributed by atoms with Gasteiger partial charge in [0, 0.05) is 38.2 Å². The van der Waals surface area contributed by atoms with Crippen LogP contribution in [0, 0.1) is 17.0 Å². The largest absolute Gasteiger partial charge is 0.341 e. The maximum absolute atomic E-state index is 13.3. The minimum absolute atomic E-state index is 0.0788. The molecular formula is C18H24F2N2O2. The molecule has 1 fully saturated rings. The Kier molecular flexibility index (Phi) is 5.57. The zero-order valence-electron chi connectivity index (χ0n) is 14.4. The maximum Gasteiger partial charge on any atom is 0.254 e. The zero-order valence-corrected chi connectivity index (χ0v) is 14.4. The lowest BCUT2D eigenvalue weighted by molar-refractivity contribution is -0.132. The topological polar surface area (TPSA) is 40.6 Å². The van der Waals surface area contributed by atoms with Gasteiger partial charge >= 0.3 is 0 Å². The molecule has 0 radical (unpaired) electrons. The molecule has 0 atom stereocenters. The number of carbonyl (C=O) groups is 2. The average Bonchev–Trinajstić information content (AvgIpc) is 2.73. The van der Waals surface area contributed by atoms with Crippen LogP contribution < -0.4 is 0 Å². The van der Waals surface area contributed by atoms with Gasteiger partial charge in [-0.3, -0.25) is 9.59 Å². The molecule has 0 unspecified atom stereocenters. The summed E-state index contributed by atoms with van der Waals surface area (Å²) < 4.78 is 26.3.